The van der Waals surface area contributed by atoms with E-state index in [-0.39, 0.29) is 6.61 Å². The van der Waals surface area contributed by atoms with Gasteiger partial charge in [-0.1, -0.05) is 0 Å². The Morgan fingerprint density at radius 3 is 2.31 bits per heavy atom. The number of esters is 1. The Bertz CT molecular complexity index is 165. The van der Waals surface area contributed by atoms with Gasteiger partial charge in [-0.05, 0) is 6.92 Å². The number of hydrogen-bond donors (Lipinski definition) is 0. The van der Waals surface area contributed by atoms with Crippen molar-refractivity contribution in [1.29, 1.82) is 0 Å². The fourth-order valence-corrected chi connectivity index (χ4v) is 0.620. The fourth-order valence-electron chi connectivity index (χ4n) is 0.620. The predicted octanol–water partition coefficient (Wildman–Crippen LogP) is 1.53. The maximum atomic E-state index is 12.6. The summed E-state index contributed by atoms with van der Waals surface area (Å²) in [5, 5.41) is 0. The Morgan fingerprint density at radius 2 is 1.92 bits per heavy atom. The van der Waals surface area contributed by atoms with Gasteiger partial charge in [0.25, 0.3) is 0 Å². The topological polar surface area (TPSA) is 26.3 Å². The number of halogens is 4. The lowest BCUT2D eigenvalue weighted by Gasteiger charge is -2.13. The van der Waals surface area contributed by atoms with E-state index in [0.717, 1.165) is 0 Å². The van der Waals surface area contributed by atoms with Crippen molar-refractivity contribution in [2.45, 2.75) is 25.4 Å². The molecule has 0 aliphatic carbocycles. The molecule has 0 aromatic carbocycles. The van der Waals surface area contributed by atoms with Gasteiger partial charge in [-0.15, -0.1) is 0 Å². The molecule has 2 nitrogen and oxygen atoms in total. The number of rotatable bonds is 5. The summed E-state index contributed by atoms with van der Waals surface area (Å²) in [5.74, 6) is -1.51. The SMILES string of the molecule is CCOC(=O)C(F)C(F)C(F)CF. The van der Waals surface area contributed by atoms with Gasteiger partial charge >= 0.3 is 5.97 Å². The normalized spacial score (nSPS) is 17.6. The van der Waals surface area contributed by atoms with Crippen molar-refractivity contribution in [3.05, 3.63) is 0 Å². The summed E-state index contributed by atoms with van der Waals surface area (Å²) in [6, 6.07) is 0. The second-order valence-electron chi connectivity index (χ2n) is 2.27. The van der Waals surface area contributed by atoms with Gasteiger partial charge in [-0.3, -0.25) is 0 Å². The van der Waals surface area contributed by atoms with Crippen LogP contribution in [0.5, 0.6) is 0 Å². The van der Waals surface area contributed by atoms with Crippen LogP contribution in [0.3, 0.4) is 0 Å². The molecule has 0 rings (SSSR count). The number of hydrogen-bond acceptors (Lipinski definition) is 2. The van der Waals surface area contributed by atoms with Crippen LogP contribution in [0.2, 0.25) is 0 Å². The summed E-state index contributed by atoms with van der Waals surface area (Å²) in [6.45, 7) is -0.417. The van der Waals surface area contributed by atoms with Gasteiger partial charge in [-0.25, -0.2) is 22.4 Å². The van der Waals surface area contributed by atoms with Gasteiger partial charge in [0.1, 0.15) is 6.67 Å². The van der Waals surface area contributed by atoms with E-state index in [1.165, 1.54) is 6.92 Å². The first-order valence-electron chi connectivity index (χ1n) is 3.69. The van der Waals surface area contributed by atoms with Crippen molar-refractivity contribution in [2.24, 2.45) is 0 Å². The van der Waals surface area contributed by atoms with Gasteiger partial charge in [-0.2, -0.15) is 0 Å². The first kappa shape index (κ1) is 12.2. The molecular weight excluding hydrogens is 192 g/mol. The highest BCUT2D eigenvalue weighted by atomic mass is 19.2. The Hall–Kier alpha value is -0.810. The average molecular weight is 202 g/mol. The molecule has 78 valence electrons. The molecule has 0 fully saturated rings. The molecule has 3 atom stereocenters. The van der Waals surface area contributed by atoms with E-state index < -0.39 is 31.2 Å². The summed E-state index contributed by atoms with van der Waals surface area (Å²) in [5.41, 5.74) is 0. The van der Waals surface area contributed by atoms with Crippen molar-refractivity contribution in [2.75, 3.05) is 13.3 Å². The molecule has 0 bridgehead atoms. The molecule has 0 saturated carbocycles. The fraction of sp³-hybridized carbons (Fsp3) is 0.857. The molecule has 6 heteroatoms. The molecule has 0 saturated heterocycles. The minimum Gasteiger partial charge on any atom is -0.464 e. The minimum atomic E-state index is -2.80. The largest absolute Gasteiger partial charge is 0.464 e. The molecule has 0 heterocycles. The van der Waals surface area contributed by atoms with E-state index in [9.17, 15) is 22.4 Å². The van der Waals surface area contributed by atoms with Gasteiger partial charge in [0.2, 0.25) is 6.17 Å². The zero-order chi connectivity index (χ0) is 10.4. The first-order chi connectivity index (χ1) is 6.04. The van der Waals surface area contributed by atoms with E-state index in [2.05, 4.69) is 4.74 Å². The number of alkyl halides is 4. The van der Waals surface area contributed by atoms with Crippen LogP contribution in [0.15, 0.2) is 0 Å². The predicted molar refractivity (Wildman–Crippen MR) is 37.3 cm³/mol. The maximum Gasteiger partial charge on any atom is 0.343 e. The third-order valence-electron chi connectivity index (χ3n) is 1.28. The van der Waals surface area contributed by atoms with Gasteiger partial charge in [0.05, 0.1) is 6.61 Å². The second-order valence-corrected chi connectivity index (χ2v) is 2.27. The van der Waals surface area contributed by atoms with Crippen molar-refractivity contribution < 1.29 is 27.1 Å². The van der Waals surface area contributed by atoms with Crippen LogP contribution < -0.4 is 0 Å². The number of ether oxygens (including phenoxy) is 1. The third-order valence-corrected chi connectivity index (χ3v) is 1.28. The highest BCUT2D eigenvalue weighted by molar-refractivity contribution is 5.75. The standard InChI is InChI=1S/C7H10F4O2/c1-2-13-7(12)6(11)5(10)4(9)3-8/h4-6H,2-3H2,1H3. The smallest absolute Gasteiger partial charge is 0.343 e. The van der Waals surface area contributed by atoms with Gasteiger partial charge < -0.3 is 4.74 Å². The van der Waals surface area contributed by atoms with Crippen molar-refractivity contribution >= 4 is 5.97 Å². The lowest BCUT2D eigenvalue weighted by molar-refractivity contribution is -0.153. The van der Waals surface area contributed by atoms with Crippen LogP contribution in [0.25, 0.3) is 0 Å². The van der Waals surface area contributed by atoms with Crippen molar-refractivity contribution in [3.8, 4) is 0 Å². The summed E-state index contributed by atoms with van der Waals surface area (Å²) in [6.07, 6.45) is -8.19. The van der Waals surface area contributed by atoms with E-state index in [0.29, 0.717) is 0 Å². The lowest BCUT2D eigenvalue weighted by Crippen LogP contribution is -2.36. The molecule has 3 unspecified atom stereocenters. The van der Waals surface area contributed by atoms with Gasteiger partial charge in [0, 0.05) is 0 Å². The Morgan fingerprint density at radius 1 is 1.38 bits per heavy atom. The van der Waals surface area contributed by atoms with Crippen LogP contribution in [0.1, 0.15) is 6.92 Å². The van der Waals surface area contributed by atoms with Crippen LogP contribution in [0, 0.1) is 0 Å². The Balaban J connectivity index is 4.07. The average Bonchev–Trinajstić information content (AvgIpc) is 2.14. The summed E-state index contributed by atoms with van der Waals surface area (Å²) >= 11 is 0. The van der Waals surface area contributed by atoms with E-state index >= 15 is 0 Å². The molecule has 0 amide bonds. The van der Waals surface area contributed by atoms with E-state index in [1.54, 1.807) is 0 Å². The Kier molecular flexibility index (Phi) is 5.41. The maximum absolute atomic E-state index is 12.6. The van der Waals surface area contributed by atoms with Crippen LogP contribution in [0.4, 0.5) is 17.6 Å². The van der Waals surface area contributed by atoms with Gasteiger partial charge in [0.15, 0.2) is 12.3 Å². The zero-order valence-electron chi connectivity index (χ0n) is 6.97. The van der Waals surface area contributed by atoms with E-state index in [4.69, 9.17) is 0 Å². The van der Waals surface area contributed by atoms with Crippen LogP contribution >= 0.6 is 0 Å². The van der Waals surface area contributed by atoms with Crippen LogP contribution in [-0.2, 0) is 9.53 Å². The minimum absolute atomic E-state index is 0.140. The van der Waals surface area contributed by atoms with Crippen LogP contribution in [-0.4, -0.2) is 37.8 Å². The summed E-state index contributed by atoms with van der Waals surface area (Å²) in [4.78, 5) is 10.5. The molecule has 0 aliphatic rings. The monoisotopic (exact) mass is 202 g/mol. The molecule has 0 N–H and O–H groups in total. The molecule has 0 aromatic rings. The number of carbonyl (C=O) groups excluding carboxylic acids is 1. The molecule has 0 aromatic heterocycles. The summed E-state index contributed by atoms with van der Waals surface area (Å²) in [7, 11) is 0. The molecule has 0 radical (unpaired) electrons. The highest BCUT2D eigenvalue weighted by Crippen LogP contribution is 2.13. The third kappa shape index (κ3) is 3.61. The molecule has 0 aliphatic heterocycles. The molecule has 13 heavy (non-hydrogen) atoms. The van der Waals surface area contributed by atoms with E-state index in [1.807, 2.05) is 0 Å². The van der Waals surface area contributed by atoms with Crippen molar-refractivity contribution in [1.82, 2.24) is 0 Å². The number of carbonyl (C=O) groups is 1. The zero-order valence-corrected chi connectivity index (χ0v) is 6.97. The quantitative estimate of drug-likeness (QED) is 0.499. The first-order valence-corrected chi connectivity index (χ1v) is 3.69. The highest BCUT2D eigenvalue weighted by Gasteiger charge is 2.36. The molecular formula is C7H10F4O2. The molecule has 0 spiro atoms. The van der Waals surface area contributed by atoms with Crippen molar-refractivity contribution in [3.63, 3.8) is 0 Å². The summed E-state index contributed by atoms with van der Waals surface area (Å²) < 4.78 is 52.8. The lowest BCUT2D eigenvalue weighted by atomic mass is 10.2. The Labute approximate surface area is 72.9 Å². The second kappa shape index (κ2) is 5.77.